The van der Waals surface area contributed by atoms with Crippen molar-refractivity contribution >= 4 is 5.78 Å². The molecular formula is C13H13FO2. The number of aliphatic hydroxyl groups excluding tert-OH is 1. The molecule has 2 nitrogen and oxygen atoms in total. The Hall–Kier alpha value is -1.48. The largest absolute Gasteiger partial charge is 0.384 e. The zero-order chi connectivity index (χ0) is 11.5. The molecule has 2 rings (SSSR count). The number of Topliss-reactive ketones (excluding diaryl/α,β-unsaturated/α-hetero) is 1. The molecule has 0 fully saturated rings. The standard InChI is InChI=1S/C13H13FO2/c14-10-5-3-4-9(8-10)13(16)11-6-1-2-7-12(11)15/h3-6,8,13,16H,1-2,7H2. The van der Waals surface area contributed by atoms with Crippen molar-refractivity contribution in [2.75, 3.05) is 0 Å². The van der Waals surface area contributed by atoms with Crippen molar-refractivity contribution in [3.63, 3.8) is 0 Å². The van der Waals surface area contributed by atoms with Crippen LogP contribution < -0.4 is 0 Å². The Balaban J connectivity index is 2.28. The average molecular weight is 220 g/mol. The Kier molecular flexibility index (Phi) is 3.15. The van der Waals surface area contributed by atoms with Crippen LogP contribution in [0.25, 0.3) is 0 Å². The van der Waals surface area contributed by atoms with E-state index in [4.69, 9.17) is 0 Å². The lowest BCUT2D eigenvalue weighted by atomic mass is 9.91. The smallest absolute Gasteiger partial charge is 0.161 e. The van der Waals surface area contributed by atoms with Crippen molar-refractivity contribution in [1.29, 1.82) is 0 Å². The van der Waals surface area contributed by atoms with E-state index < -0.39 is 11.9 Å². The minimum Gasteiger partial charge on any atom is -0.384 e. The molecule has 0 spiro atoms. The van der Waals surface area contributed by atoms with Gasteiger partial charge in [-0.3, -0.25) is 4.79 Å². The summed E-state index contributed by atoms with van der Waals surface area (Å²) < 4.78 is 13.0. The van der Waals surface area contributed by atoms with E-state index in [1.165, 1.54) is 18.2 Å². The molecule has 1 aromatic carbocycles. The highest BCUT2D eigenvalue weighted by Crippen LogP contribution is 2.27. The second-order valence-corrected chi connectivity index (χ2v) is 3.93. The highest BCUT2D eigenvalue weighted by atomic mass is 19.1. The van der Waals surface area contributed by atoms with Gasteiger partial charge in [0, 0.05) is 12.0 Å². The number of allylic oxidation sites excluding steroid dienone is 1. The molecule has 1 aromatic rings. The lowest BCUT2D eigenvalue weighted by Gasteiger charge is -2.17. The van der Waals surface area contributed by atoms with Crippen LogP contribution in [-0.2, 0) is 4.79 Å². The van der Waals surface area contributed by atoms with Crippen LogP contribution in [0.1, 0.15) is 30.9 Å². The summed E-state index contributed by atoms with van der Waals surface area (Å²) >= 11 is 0. The van der Waals surface area contributed by atoms with Gasteiger partial charge in [-0.2, -0.15) is 0 Å². The third-order valence-electron chi connectivity index (χ3n) is 2.75. The van der Waals surface area contributed by atoms with Crippen molar-refractivity contribution in [3.8, 4) is 0 Å². The van der Waals surface area contributed by atoms with Crippen LogP contribution in [0.3, 0.4) is 0 Å². The normalized spacial score (nSPS) is 18.1. The maximum atomic E-state index is 13.0. The van der Waals surface area contributed by atoms with Gasteiger partial charge >= 0.3 is 0 Å². The molecule has 0 radical (unpaired) electrons. The highest BCUT2D eigenvalue weighted by molar-refractivity contribution is 5.97. The number of halogens is 1. The summed E-state index contributed by atoms with van der Waals surface area (Å²) in [6, 6.07) is 5.72. The summed E-state index contributed by atoms with van der Waals surface area (Å²) in [4.78, 5) is 11.6. The number of aliphatic hydroxyl groups is 1. The Morgan fingerprint density at radius 2 is 2.19 bits per heavy atom. The van der Waals surface area contributed by atoms with Crippen molar-refractivity contribution in [3.05, 3.63) is 47.3 Å². The predicted molar refractivity (Wildman–Crippen MR) is 58.3 cm³/mol. The summed E-state index contributed by atoms with van der Waals surface area (Å²) in [7, 11) is 0. The number of rotatable bonds is 2. The summed E-state index contributed by atoms with van der Waals surface area (Å²) in [6.45, 7) is 0. The third-order valence-corrected chi connectivity index (χ3v) is 2.75. The predicted octanol–water partition coefficient (Wildman–Crippen LogP) is 2.54. The van der Waals surface area contributed by atoms with Crippen LogP contribution in [-0.4, -0.2) is 10.9 Å². The zero-order valence-corrected chi connectivity index (χ0v) is 8.82. The third kappa shape index (κ3) is 2.19. The number of carbonyl (C=O) groups excluding carboxylic acids is 1. The fraction of sp³-hybridized carbons (Fsp3) is 0.308. The number of hydrogen-bond acceptors (Lipinski definition) is 2. The molecule has 0 heterocycles. The van der Waals surface area contributed by atoms with Gasteiger partial charge in [-0.05, 0) is 30.5 Å². The molecule has 16 heavy (non-hydrogen) atoms. The Labute approximate surface area is 93.4 Å². The van der Waals surface area contributed by atoms with Gasteiger partial charge in [0.25, 0.3) is 0 Å². The first-order chi connectivity index (χ1) is 7.68. The van der Waals surface area contributed by atoms with Crippen molar-refractivity contribution < 1.29 is 14.3 Å². The van der Waals surface area contributed by atoms with E-state index in [0.717, 1.165) is 12.8 Å². The molecule has 1 N–H and O–H groups in total. The average Bonchev–Trinajstić information content (AvgIpc) is 2.29. The Bertz CT molecular complexity index is 437. The maximum absolute atomic E-state index is 13.0. The van der Waals surface area contributed by atoms with Gasteiger partial charge in [-0.1, -0.05) is 18.2 Å². The highest BCUT2D eigenvalue weighted by Gasteiger charge is 2.22. The number of benzene rings is 1. The first-order valence-electron chi connectivity index (χ1n) is 5.35. The van der Waals surface area contributed by atoms with Crippen LogP contribution in [0.2, 0.25) is 0 Å². The molecule has 0 aliphatic heterocycles. The second-order valence-electron chi connectivity index (χ2n) is 3.93. The van der Waals surface area contributed by atoms with Crippen molar-refractivity contribution in [2.45, 2.75) is 25.4 Å². The van der Waals surface area contributed by atoms with E-state index in [2.05, 4.69) is 0 Å². The van der Waals surface area contributed by atoms with E-state index in [0.29, 0.717) is 17.6 Å². The number of ketones is 1. The lowest BCUT2D eigenvalue weighted by molar-refractivity contribution is -0.117. The Morgan fingerprint density at radius 3 is 2.88 bits per heavy atom. The van der Waals surface area contributed by atoms with Gasteiger partial charge in [0.15, 0.2) is 5.78 Å². The first-order valence-corrected chi connectivity index (χ1v) is 5.35. The van der Waals surface area contributed by atoms with Crippen LogP contribution in [0.4, 0.5) is 4.39 Å². The molecule has 0 bridgehead atoms. The van der Waals surface area contributed by atoms with Gasteiger partial charge in [0.1, 0.15) is 11.9 Å². The fourth-order valence-corrected chi connectivity index (χ4v) is 1.90. The summed E-state index contributed by atoms with van der Waals surface area (Å²) in [6.07, 6.45) is 2.86. The van der Waals surface area contributed by atoms with E-state index >= 15 is 0 Å². The second kappa shape index (κ2) is 4.58. The van der Waals surface area contributed by atoms with E-state index in [9.17, 15) is 14.3 Å². The molecule has 0 amide bonds. The van der Waals surface area contributed by atoms with Gasteiger partial charge in [0.2, 0.25) is 0 Å². The van der Waals surface area contributed by atoms with Crippen molar-refractivity contribution in [1.82, 2.24) is 0 Å². The molecule has 1 aliphatic rings. The quantitative estimate of drug-likeness (QED) is 0.831. The van der Waals surface area contributed by atoms with E-state index in [1.54, 1.807) is 12.1 Å². The van der Waals surface area contributed by atoms with Crippen molar-refractivity contribution in [2.24, 2.45) is 0 Å². The van der Waals surface area contributed by atoms with Crippen LogP contribution in [0.5, 0.6) is 0 Å². The minimum absolute atomic E-state index is 0.0389. The molecule has 1 aliphatic carbocycles. The van der Waals surface area contributed by atoms with E-state index in [-0.39, 0.29) is 5.78 Å². The summed E-state index contributed by atoms with van der Waals surface area (Å²) in [5.41, 5.74) is 0.832. The van der Waals surface area contributed by atoms with E-state index in [1.807, 2.05) is 0 Å². The lowest BCUT2D eigenvalue weighted by Crippen LogP contribution is -2.14. The monoisotopic (exact) mass is 220 g/mol. The number of carbonyl (C=O) groups is 1. The molecule has 0 aromatic heterocycles. The van der Waals surface area contributed by atoms with Gasteiger partial charge < -0.3 is 5.11 Å². The molecule has 0 saturated heterocycles. The van der Waals surface area contributed by atoms with Crippen LogP contribution >= 0.6 is 0 Å². The Morgan fingerprint density at radius 1 is 1.38 bits per heavy atom. The molecular weight excluding hydrogens is 207 g/mol. The maximum Gasteiger partial charge on any atom is 0.161 e. The first kappa shape index (κ1) is 11.0. The molecule has 1 atom stereocenters. The zero-order valence-electron chi connectivity index (χ0n) is 8.82. The minimum atomic E-state index is -0.997. The number of hydrogen-bond donors (Lipinski definition) is 1. The molecule has 84 valence electrons. The summed E-state index contributed by atoms with van der Waals surface area (Å²) in [5, 5.41) is 9.98. The topological polar surface area (TPSA) is 37.3 Å². The van der Waals surface area contributed by atoms with Crippen LogP contribution in [0.15, 0.2) is 35.9 Å². The SMILES string of the molecule is O=C1CCCC=C1C(O)c1cccc(F)c1. The summed E-state index contributed by atoms with van der Waals surface area (Å²) in [5.74, 6) is -0.441. The molecule has 0 saturated carbocycles. The fourth-order valence-electron chi connectivity index (χ4n) is 1.90. The van der Waals surface area contributed by atoms with Crippen LogP contribution in [0, 0.1) is 5.82 Å². The molecule has 3 heteroatoms. The van der Waals surface area contributed by atoms with Gasteiger partial charge in [-0.15, -0.1) is 0 Å². The van der Waals surface area contributed by atoms with Gasteiger partial charge in [-0.25, -0.2) is 4.39 Å². The van der Waals surface area contributed by atoms with Gasteiger partial charge in [0.05, 0.1) is 0 Å². The molecule has 1 unspecified atom stereocenters.